The minimum atomic E-state index is -0.417. The highest BCUT2D eigenvalue weighted by Gasteiger charge is 2.11. The van der Waals surface area contributed by atoms with E-state index < -0.39 is 5.97 Å². The van der Waals surface area contributed by atoms with E-state index in [1.54, 1.807) is 37.4 Å². The molecule has 0 saturated carbocycles. The van der Waals surface area contributed by atoms with Crippen molar-refractivity contribution in [2.45, 2.75) is 71.1 Å². The summed E-state index contributed by atoms with van der Waals surface area (Å²) in [6.45, 7) is 3.03. The Morgan fingerprint density at radius 3 is 1.78 bits per heavy atom. The molecule has 0 saturated heterocycles. The highest BCUT2D eigenvalue weighted by atomic mass is 79.9. The minimum Gasteiger partial charge on any atom is -0.496 e. The summed E-state index contributed by atoms with van der Waals surface area (Å²) in [4.78, 5) is 12.5. The van der Waals surface area contributed by atoms with Crippen molar-refractivity contribution in [2.24, 2.45) is 0 Å². The van der Waals surface area contributed by atoms with E-state index in [-0.39, 0.29) is 0 Å². The van der Waals surface area contributed by atoms with Crippen LogP contribution in [0.3, 0.4) is 0 Å². The summed E-state index contributed by atoms with van der Waals surface area (Å²) in [6.07, 6.45) is 13.2. The van der Waals surface area contributed by atoms with Gasteiger partial charge in [-0.2, -0.15) is 0 Å². The Labute approximate surface area is 230 Å². The second kappa shape index (κ2) is 16.1. The van der Waals surface area contributed by atoms with Gasteiger partial charge in [-0.25, -0.2) is 4.79 Å². The fourth-order valence-electron chi connectivity index (χ4n) is 4.20. The second-order valence-electron chi connectivity index (χ2n) is 9.32. The number of carbonyl (C=O) groups excluding carboxylic acids is 1. The van der Waals surface area contributed by atoms with E-state index in [1.807, 2.05) is 24.3 Å². The summed E-state index contributed by atoms with van der Waals surface area (Å²) in [7, 11) is 1.58. The van der Waals surface area contributed by atoms with Crippen LogP contribution in [0.2, 0.25) is 0 Å². The Morgan fingerprint density at radius 1 is 0.703 bits per heavy atom. The average Bonchev–Trinajstić information content (AvgIpc) is 2.92. The van der Waals surface area contributed by atoms with E-state index in [0.29, 0.717) is 21.5 Å². The van der Waals surface area contributed by atoms with Crippen LogP contribution < -0.4 is 14.2 Å². The molecular weight excluding hydrogens is 528 g/mol. The summed E-state index contributed by atoms with van der Waals surface area (Å²) in [6, 6.07) is 20.8. The smallest absolute Gasteiger partial charge is 0.343 e. The first-order valence-corrected chi connectivity index (χ1v) is 14.3. The lowest BCUT2D eigenvalue weighted by Crippen LogP contribution is -2.08. The molecule has 0 spiro atoms. The van der Waals surface area contributed by atoms with Crippen molar-refractivity contribution in [3.63, 3.8) is 0 Å². The van der Waals surface area contributed by atoms with Gasteiger partial charge in [0.2, 0.25) is 0 Å². The zero-order valence-electron chi connectivity index (χ0n) is 22.1. The Kier molecular flexibility index (Phi) is 12.5. The highest BCUT2D eigenvalue weighted by molar-refractivity contribution is 9.10. The second-order valence-corrected chi connectivity index (χ2v) is 10.2. The number of rotatable bonds is 16. The number of ether oxygens (including phenoxy) is 3. The van der Waals surface area contributed by atoms with Gasteiger partial charge in [-0.3, -0.25) is 0 Å². The number of methoxy groups -OCH3 is 1. The third-order valence-corrected chi connectivity index (χ3v) is 7.03. The number of unbranched alkanes of at least 4 members (excludes halogenated alkanes) is 9. The zero-order valence-corrected chi connectivity index (χ0v) is 23.7. The number of hydrogen-bond donors (Lipinski definition) is 0. The predicted molar refractivity (Wildman–Crippen MR) is 155 cm³/mol. The fourth-order valence-corrected chi connectivity index (χ4v) is 4.74. The number of halogens is 1. The Morgan fingerprint density at radius 2 is 1.24 bits per heavy atom. The number of carbonyl (C=O) groups is 1. The molecule has 37 heavy (non-hydrogen) atoms. The quantitative estimate of drug-likeness (QED) is 0.0982. The van der Waals surface area contributed by atoms with Crippen LogP contribution in [0.25, 0.3) is 11.1 Å². The Hall–Kier alpha value is -2.79. The molecule has 0 amide bonds. The van der Waals surface area contributed by atoms with Crippen LogP contribution >= 0.6 is 15.9 Å². The first-order valence-electron chi connectivity index (χ1n) is 13.5. The molecule has 0 heterocycles. The van der Waals surface area contributed by atoms with E-state index in [0.717, 1.165) is 29.9 Å². The SMILES string of the molecule is CCCCCCCCCCCCOc1ccc(-c2ccc(OC(=O)c3ccc(OC)c(Br)c3)cc2)cc1. The maximum atomic E-state index is 12.5. The van der Waals surface area contributed by atoms with Gasteiger partial charge < -0.3 is 14.2 Å². The molecule has 0 aliphatic carbocycles. The lowest BCUT2D eigenvalue weighted by molar-refractivity contribution is 0.0734. The lowest BCUT2D eigenvalue weighted by atomic mass is 10.1. The monoisotopic (exact) mass is 566 g/mol. The summed E-state index contributed by atoms with van der Waals surface area (Å²) in [5.41, 5.74) is 2.58. The van der Waals surface area contributed by atoms with Crippen LogP contribution in [0.5, 0.6) is 17.2 Å². The molecule has 3 aromatic rings. The van der Waals surface area contributed by atoms with Crippen LogP contribution in [0.4, 0.5) is 0 Å². The molecule has 0 atom stereocenters. The molecule has 5 heteroatoms. The van der Waals surface area contributed by atoms with E-state index in [2.05, 4.69) is 35.0 Å². The molecule has 3 rings (SSSR count). The van der Waals surface area contributed by atoms with Crippen LogP contribution in [-0.4, -0.2) is 19.7 Å². The number of esters is 1. The normalized spacial score (nSPS) is 10.8. The molecular formula is C32H39BrO4. The Bertz CT molecular complexity index is 1080. The summed E-state index contributed by atoms with van der Waals surface area (Å²) in [5.74, 6) is 1.64. The standard InChI is InChI=1S/C32H39BrO4/c1-3-4-5-6-7-8-9-10-11-12-23-36-28-18-13-25(14-19-28)26-15-20-29(21-16-26)37-32(34)27-17-22-31(35-2)30(33)24-27/h13-22,24H,3-12,23H2,1-2H3. The molecule has 0 bridgehead atoms. The van der Waals surface area contributed by atoms with Crippen LogP contribution in [0, 0.1) is 0 Å². The largest absolute Gasteiger partial charge is 0.496 e. The van der Waals surface area contributed by atoms with E-state index >= 15 is 0 Å². The predicted octanol–water partition coefficient (Wildman–Crippen LogP) is 9.64. The highest BCUT2D eigenvalue weighted by Crippen LogP contribution is 2.28. The molecule has 0 aliphatic rings. The molecule has 4 nitrogen and oxygen atoms in total. The van der Waals surface area contributed by atoms with Gasteiger partial charge in [0.25, 0.3) is 0 Å². The average molecular weight is 568 g/mol. The number of hydrogen-bond acceptors (Lipinski definition) is 4. The van der Waals surface area contributed by atoms with E-state index in [9.17, 15) is 4.79 Å². The first kappa shape index (κ1) is 28.8. The topological polar surface area (TPSA) is 44.8 Å². The van der Waals surface area contributed by atoms with Gasteiger partial charge in [0, 0.05) is 0 Å². The molecule has 0 aromatic heterocycles. The van der Waals surface area contributed by atoms with Gasteiger partial charge in [-0.1, -0.05) is 89.0 Å². The van der Waals surface area contributed by atoms with Gasteiger partial charge in [0.1, 0.15) is 17.2 Å². The molecule has 0 fully saturated rings. The van der Waals surface area contributed by atoms with E-state index in [4.69, 9.17) is 14.2 Å². The van der Waals surface area contributed by atoms with Gasteiger partial charge in [0.15, 0.2) is 0 Å². The van der Waals surface area contributed by atoms with Crippen molar-refractivity contribution in [2.75, 3.05) is 13.7 Å². The van der Waals surface area contributed by atoms with Crippen molar-refractivity contribution < 1.29 is 19.0 Å². The van der Waals surface area contributed by atoms with Gasteiger partial charge in [-0.05, 0) is 75.9 Å². The summed E-state index contributed by atoms with van der Waals surface area (Å²) < 4.78 is 17.4. The first-order chi connectivity index (χ1) is 18.1. The fraction of sp³-hybridized carbons (Fsp3) is 0.406. The van der Waals surface area contributed by atoms with Gasteiger partial charge in [-0.15, -0.1) is 0 Å². The summed E-state index contributed by atoms with van der Waals surface area (Å²) >= 11 is 3.40. The Balaban J connectivity index is 1.37. The minimum absolute atomic E-state index is 0.417. The van der Waals surface area contributed by atoms with Crippen LogP contribution in [0.1, 0.15) is 81.5 Å². The van der Waals surface area contributed by atoms with Gasteiger partial charge >= 0.3 is 5.97 Å². The molecule has 0 N–H and O–H groups in total. The van der Waals surface area contributed by atoms with Crippen molar-refractivity contribution >= 4 is 21.9 Å². The van der Waals surface area contributed by atoms with Crippen molar-refractivity contribution in [1.29, 1.82) is 0 Å². The van der Waals surface area contributed by atoms with E-state index in [1.165, 1.54) is 57.8 Å². The molecule has 0 aliphatic heterocycles. The van der Waals surface area contributed by atoms with Crippen molar-refractivity contribution in [1.82, 2.24) is 0 Å². The van der Waals surface area contributed by atoms with Crippen molar-refractivity contribution in [3.8, 4) is 28.4 Å². The third kappa shape index (κ3) is 9.88. The zero-order chi connectivity index (χ0) is 26.3. The molecule has 198 valence electrons. The van der Waals surface area contributed by atoms with Crippen LogP contribution in [0.15, 0.2) is 71.2 Å². The molecule has 0 radical (unpaired) electrons. The lowest BCUT2D eigenvalue weighted by Gasteiger charge is -2.09. The number of benzene rings is 3. The van der Waals surface area contributed by atoms with Crippen molar-refractivity contribution in [3.05, 3.63) is 76.8 Å². The maximum absolute atomic E-state index is 12.5. The maximum Gasteiger partial charge on any atom is 0.343 e. The molecule has 0 unspecified atom stereocenters. The van der Waals surface area contributed by atoms with Crippen LogP contribution in [-0.2, 0) is 0 Å². The van der Waals surface area contributed by atoms with Gasteiger partial charge in [0.05, 0.1) is 23.8 Å². The third-order valence-electron chi connectivity index (χ3n) is 6.41. The summed E-state index contributed by atoms with van der Waals surface area (Å²) in [5, 5.41) is 0. The molecule has 3 aromatic carbocycles.